The summed E-state index contributed by atoms with van der Waals surface area (Å²) in [4.78, 5) is 18.2. The van der Waals surface area contributed by atoms with Crippen molar-refractivity contribution in [2.24, 2.45) is 13.0 Å². The summed E-state index contributed by atoms with van der Waals surface area (Å²) in [5.41, 5.74) is 4.59. The van der Waals surface area contributed by atoms with Crippen molar-refractivity contribution in [3.8, 4) is 0 Å². The first-order valence-electron chi connectivity index (χ1n) is 9.82. The average Bonchev–Trinajstić information content (AvgIpc) is 3.58. The van der Waals surface area contributed by atoms with E-state index in [1.165, 1.54) is 18.4 Å². The number of nitrogens with one attached hydrogen (secondary N) is 1. The second kappa shape index (κ2) is 6.19. The number of amides is 1. The van der Waals surface area contributed by atoms with Gasteiger partial charge in [-0.05, 0) is 50.2 Å². The standard InChI is InChI=1S/C22H24N4O/c1-13-19-17(12-18(14-8-9-14)23-21(19)26(2)25-13)22(27)24-20(16-10-11-16)15-6-4-3-5-7-15/h3-7,12,14,16,20H,8-11H2,1-2H3,(H,24,27)/t20-/m0/s1. The molecule has 0 saturated heterocycles. The Morgan fingerprint density at radius 2 is 1.93 bits per heavy atom. The van der Waals surface area contributed by atoms with Crippen molar-refractivity contribution >= 4 is 16.9 Å². The first kappa shape index (κ1) is 16.5. The van der Waals surface area contributed by atoms with Crippen LogP contribution in [0.4, 0.5) is 0 Å². The molecule has 0 spiro atoms. The normalized spacial score (nSPS) is 17.9. The van der Waals surface area contributed by atoms with E-state index in [1.54, 1.807) is 4.68 Å². The molecule has 2 aliphatic carbocycles. The Hall–Kier alpha value is -2.69. The third-order valence-corrected chi connectivity index (χ3v) is 5.77. The molecule has 1 amide bonds. The predicted molar refractivity (Wildman–Crippen MR) is 105 cm³/mol. The molecule has 0 aliphatic heterocycles. The lowest BCUT2D eigenvalue weighted by molar-refractivity contribution is 0.0933. The highest BCUT2D eigenvalue weighted by molar-refractivity contribution is 6.06. The van der Waals surface area contributed by atoms with E-state index < -0.39 is 0 Å². The van der Waals surface area contributed by atoms with Crippen LogP contribution in [-0.2, 0) is 7.05 Å². The van der Waals surface area contributed by atoms with E-state index in [-0.39, 0.29) is 11.9 Å². The largest absolute Gasteiger partial charge is 0.345 e. The van der Waals surface area contributed by atoms with Crippen LogP contribution in [0.1, 0.15) is 65.0 Å². The third-order valence-electron chi connectivity index (χ3n) is 5.77. The van der Waals surface area contributed by atoms with E-state index in [1.807, 2.05) is 38.2 Å². The smallest absolute Gasteiger partial charge is 0.252 e. The van der Waals surface area contributed by atoms with Crippen molar-refractivity contribution in [3.63, 3.8) is 0 Å². The number of pyridine rings is 1. The Kier molecular flexibility index (Phi) is 3.78. The highest BCUT2D eigenvalue weighted by atomic mass is 16.1. The van der Waals surface area contributed by atoms with Gasteiger partial charge >= 0.3 is 0 Å². The van der Waals surface area contributed by atoms with E-state index in [9.17, 15) is 4.79 Å². The van der Waals surface area contributed by atoms with Gasteiger partial charge in [0.25, 0.3) is 5.91 Å². The molecule has 1 N–H and O–H groups in total. The zero-order valence-electron chi connectivity index (χ0n) is 15.8. The van der Waals surface area contributed by atoms with E-state index in [4.69, 9.17) is 4.98 Å². The number of aromatic nitrogens is 3. The lowest BCUT2D eigenvalue weighted by Crippen LogP contribution is -2.30. The maximum atomic E-state index is 13.4. The molecule has 2 heterocycles. The van der Waals surface area contributed by atoms with Crippen LogP contribution in [0.2, 0.25) is 0 Å². The first-order chi connectivity index (χ1) is 13.1. The van der Waals surface area contributed by atoms with Gasteiger partial charge in [-0.1, -0.05) is 30.3 Å². The molecule has 0 unspecified atom stereocenters. The minimum absolute atomic E-state index is 0.0128. The fraction of sp³-hybridized carbons (Fsp3) is 0.409. The minimum atomic E-state index is -0.0128. The number of hydrogen-bond acceptors (Lipinski definition) is 3. The molecule has 2 saturated carbocycles. The summed E-state index contributed by atoms with van der Waals surface area (Å²) < 4.78 is 1.79. The zero-order chi connectivity index (χ0) is 18.5. The molecule has 3 aromatic rings. The van der Waals surface area contributed by atoms with Crippen molar-refractivity contribution in [1.82, 2.24) is 20.1 Å². The molecular formula is C22H24N4O. The van der Waals surface area contributed by atoms with E-state index >= 15 is 0 Å². The van der Waals surface area contributed by atoms with Crippen LogP contribution in [0.25, 0.3) is 11.0 Å². The highest BCUT2D eigenvalue weighted by Crippen LogP contribution is 2.42. The van der Waals surface area contributed by atoms with Gasteiger partial charge < -0.3 is 5.32 Å². The predicted octanol–water partition coefficient (Wildman–Crippen LogP) is 4.04. The van der Waals surface area contributed by atoms with Crippen molar-refractivity contribution < 1.29 is 4.79 Å². The van der Waals surface area contributed by atoms with Crippen molar-refractivity contribution in [1.29, 1.82) is 0 Å². The van der Waals surface area contributed by atoms with Crippen LogP contribution in [0, 0.1) is 12.8 Å². The molecule has 1 atom stereocenters. The number of hydrogen-bond donors (Lipinski definition) is 1. The van der Waals surface area contributed by atoms with Crippen LogP contribution >= 0.6 is 0 Å². The van der Waals surface area contributed by atoms with E-state index in [0.29, 0.717) is 17.4 Å². The first-order valence-corrected chi connectivity index (χ1v) is 9.82. The van der Waals surface area contributed by atoms with Crippen molar-refractivity contribution in [2.75, 3.05) is 0 Å². The molecular weight excluding hydrogens is 336 g/mol. The fourth-order valence-electron chi connectivity index (χ4n) is 4.01. The van der Waals surface area contributed by atoms with Gasteiger partial charge in [0.2, 0.25) is 0 Å². The molecule has 5 heteroatoms. The molecule has 2 aromatic heterocycles. The molecule has 5 nitrogen and oxygen atoms in total. The molecule has 138 valence electrons. The second-order valence-electron chi connectivity index (χ2n) is 7.98. The topological polar surface area (TPSA) is 59.8 Å². The van der Waals surface area contributed by atoms with Gasteiger partial charge in [-0.2, -0.15) is 5.10 Å². The van der Waals surface area contributed by atoms with E-state index in [2.05, 4.69) is 22.5 Å². The van der Waals surface area contributed by atoms with Gasteiger partial charge in [-0.3, -0.25) is 9.48 Å². The summed E-state index contributed by atoms with van der Waals surface area (Å²) >= 11 is 0. The van der Waals surface area contributed by atoms with Crippen LogP contribution in [0.15, 0.2) is 36.4 Å². The minimum Gasteiger partial charge on any atom is -0.345 e. The Morgan fingerprint density at radius 1 is 1.19 bits per heavy atom. The summed E-state index contributed by atoms with van der Waals surface area (Å²) in [6, 6.07) is 12.4. The zero-order valence-corrected chi connectivity index (χ0v) is 15.8. The monoisotopic (exact) mass is 360 g/mol. The fourth-order valence-corrected chi connectivity index (χ4v) is 4.01. The van der Waals surface area contributed by atoms with Gasteiger partial charge in [0.15, 0.2) is 5.65 Å². The third kappa shape index (κ3) is 3.01. The number of nitrogens with zero attached hydrogens (tertiary/aromatic N) is 3. The van der Waals surface area contributed by atoms with E-state index in [0.717, 1.165) is 35.3 Å². The molecule has 1 aromatic carbocycles. The molecule has 0 bridgehead atoms. The van der Waals surface area contributed by atoms with Crippen molar-refractivity contribution in [2.45, 2.75) is 44.6 Å². The highest BCUT2D eigenvalue weighted by Gasteiger charge is 2.34. The Morgan fingerprint density at radius 3 is 2.59 bits per heavy atom. The van der Waals surface area contributed by atoms with Gasteiger partial charge in [0.05, 0.1) is 22.7 Å². The maximum absolute atomic E-state index is 13.4. The number of aryl methyl sites for hydroxylation is 2. The molecule has 0 radical (unpaired) electrons. The van der Waals surface area contributed by atoms with Crippen LogP contribution in [0.5, 0.6) is 0 Å². The quantitative estimate of drug-likeness (QED) is 0.747. The van der Waals surface area contributed by atoms with Gasteiger partial charge in [0.1, 0.15) is 0 Å². The summed E-state index contributed by atoms with van der Waals surface area (Å²) in [7, 11) is 1.90. The SMILES string of the molecule is Cc1nn(C)c2nc(C3CC3)cc(C(=O)N[C@@H](c3ccccc3)C3CC3)c12. The summed E-state index contributed by atoms with van der Waals surface area (Å²) in [6.45, 7) is 1.95. The average molecular weight is 360 g/mol. The maximum Gasteiger partial charge on any atom is 0.252 e. The van der Waals surface area contributed by atoms with Gasteiger partial charge in [-0.25, -0.2) is 4.98 Å². The Labute approximate surface area is 158 Å². The van der Waals surface area contributed by atoms with Gasteiger partial charge in [0, 0.05) is 18.7 Å². The Bertz CT molecular complexity index is 1020. The van der Waals surface area contributed by atoms with Crippen LogP contribution in [-0.4, -0.2) is 20.7 Å². The summed E-state index contributed by atoms with van der Waals surface area (Å²) in [5.74, 6) is 1.01. The second-order valence-corrected chi connectivity index (χ2v) is 7.98. The number of rotatable bonds is 5. The lowest BCUT2D eigenvalue weighted by Gasteiger charge is -2.19. The Balaban J connectivity index is 1.55. The summed E-state index contributed by atoms with van der Waals surface area (Å²) in [5, 5.41) is 8.71. The molecule has 27 heavy (non-hydrogen) atoms. The van der Waals surface area contributed by atoms with Crippen LogP contribution in [0.3, 0.4) is 0 Å². The number of carbonyl (C=O) groups excluding carboxylic acids is 1. The molecule has 2 aliphatic rings. The van der Waals surface area contributed by atoms with Crippen LogP contribution < -0.4 is 5.32 Å². The summed E-state index contributed by atoms with van der Waals surface area (Å²) in [6.07, 6.45) is 4.66. The molecule has 2 fully saturated rings. The number of carbonyl (C=O) groups is 1. The van der Waals surface area contributed by atoms with Crippen molar-refractivity contribution in [3.05, 3.63) is 58.9 Å². The number of benzene rings is 1. The number of fused-ring (bicyclic) bond motifs is 1. The van der Waals surface area contributed by atoms with Gasteiger partial charge in [-0.15, -0.1) is 0 Å². The lowest BCUT2D eigenvalue weighted by atomic mass is 10.0. The molecule has 5 rings (SSSR count).